The number of nitrogens with zero attached hydrogens (tertiary/aromatic N) is 1. The second kappa shape index (κ2) is 4.45. The second-order valence-corrected chi connectivity index (χ2v) is 7.27. The Morgan fingerprint density at radius 2 is 1.88 bits per heavy atom. The number of hydrogen-bond acceptors (Lipinski definition) is 4. The Bertz CT molecular complexity index is 363. The van der Waals surface area contributed by atoms with E-state index in [2.05, 4.69) is 11.8 Å². The maximum absolute atomic E-state index is 11.3. The average molecular weight is 245 g/mol. The number of Topliss-reactive ketones (excluding diaryl/α,β-unsaturated/α-hetero) is 1. The number of carbonyl (C=O) groups is 1. The highest BCUT2D eigenvalue weighted by atomic mass is 32.2. The van der Waals surface area contributed by atoms with E-state index in [9.17, 15) is 13.2 Å². The van der Waals surface area contributed by atoms with Crippen LogP contribution >= 0.6 is 0 Å². The molecular weight excluding hydrogens is 226 g/mol. The molecule has 0 saturated carbocycles. The van der Waals surface area contributed by atoms with Gasteiger partial charge < -0.3 is 0 Å². The van der Waals surface area contributed by atoms with E-state index in [1.807, 2.05) is 0 Å². The minimum atomic E-state index is -2.78. The highest BCUT2D eigenvalue weighted by Gasteiger charge is 2.33. The lowest BCUT2D eigenvalue weighted by molar-refractivity contribution is -0.123. The van der Waals surface area contributed by atoms with Crippen LogP contribution in [0.4, 0.5) is 0 Å². The maximum atomic E-state index is 11.3. The molecule has 92 valence electrons. The first-order valence-corrected chi connectivity index (χ1v) is 7.78. The molecule has 2 aliphatic heterocycles. The van der Waals surface area contributed by atoms with Crippen LogP contribution < -0.4 is 0 Å². The molecule has 5 heteroatoms. The van der Waals surface area contributed by atoms with Crippen LogP contribution in [0.25, 0.3) is 0 Å². The van der Waals surface area contributed by atoms with Crippen LogP contribution in [0.15, 0.2) is 0 Å². The Morgan fingerprint density at radius 1 is 1.25 bits per heavy atom. The van der Waals surface area contributed by atoms with Crippen molar-refractivity contribution >= 4 is 15.6 Å². The van der Waals surface area contributed by atoms with Crippen molar-refractivity contribution in [2.24, 2.45) is 0 Å². The van der Waals surface area contributed by atoms with Crippen molar-refractivity contribution in [1.29, 1.82) is 0 Å². The van der Waals surface area contributed by atoms with Gasteiger partial charge >= 0.3 is 0 Å². The first-order chi connectivity index (χ1) is 7.48. The molecule has 0 amide bonds. The summed E-state index contributed by atoms with van der Waals surface area (Å²) in [5.41, 5.74) is 0. The van der Waals surface area contributed by atoms with Gasteiger partial charge in [-0.05, 0) is 19.8 Å². The van der Waals surface area contributed by atoms with Crippen LogP contribution in [-0.4, -0.2) is 49.2 Å². The molecular formula is C11H19NO3S. The molecule has 4 nitrogen and oxygen atoms in total. The monoisotopic (exact) mass is 245 g/mol. The minimum Gasteiger partial charge on any atom is -0.300 e. The molecule has 1 unspecified atom stereocenters. The summed E-state index contributed by atoms with van der Waals surface area (Å²) in [6, 6.07) is 0.652. The molecule has 2 saturated heterocycles. The largest absolute Gasteiger partial charge is 0.300 e. The Kier molecular flexibility index (Phi) is 3.35. The summed E-state index contributed by atoms with van der Waals surface area (Å²) in [6.07, 6.45) is 2.73. The molecule has 0 aromatic heterocycles. The molecule has 0 aromatic rings. The van der Waals surface area contributed by atoms with Gasteiger partial charge in [-0.25, -0.2) is 8.42 Å². The van der Waals surface area contributed by atoms with Crippen LogP contribution in [0.1, 0.15) is 32.6 Å². The summed E-state index contributed by atoms with van der Waals surface area (Å²) in [5, 5.41) is 0. The van der Waals surface area contributed by atoms with Gasteiger partial charge in [-0.15, -0.1) is 0 Å². The molecule has 0 spiro atoms. The molecule has 2 aliphatic rings. The van der Waals surface area contributed by atoms with E-state index in [1.54, 1.807) is 0 Å². The van der Waals surface area contributed by atoms with Crippen molar-refractivity contribution < 1.29 is 13.2 Å². The van der Waals surface area contributed by atoms with Gasteiger partial charge in [-0.1, -0.05) is 0 Å². The standard InChI is InChI=1S/C11H19NO3S/c1-9-8-11(13)2-5-12(9)10-3-6-16(14,15)7-4-10/h9-10H,2-8H2,1H3. The van der Waals surface area contributed by atoms with Gasteiger partial charge in [-0.3, -0.25) is 9.69 Å². The van der Waals surface area contributed by atoms with Crippen molar-refractivity contribution in [3.05, 3.63) is 0 Å². The SMILES string of the molecule is CC1CC(=O)CCN1C1CCS(=O)(=O)CC1. The zero-order valence-electron chi connectivity index (χ0n) is 9.68. The fourth-order valence-electron chi connectivity index (χ4n) is 2.77. The average Bonchev–Trinajstić information content (AvgIpc) is 2.19. The molecule has 0 aliphatic carbocycles. The Morgan fingerprint density at radius 3 is 2.44 bits per heavy atom. The van der Waals surface area contributed by atoms with E-state index < -0.39 is 9.84 Å². The third kappa shape index (κ3) is 2.63. The Labute approximate surface area is 96.9 Å². The van der Waals surface area contributed by atoms with Gasteiger partial charge in [-0.2, -0.15) is 0 Å². The summed E-state index contributed by atoms with van der Waals surface area (Å²) in [5.74, 6) is 0.969. The van der Waals surface area contributed by atoms with Gasteiger partial charge in [0, 0.05) is 31.5 Å². The first-order valence-electron chi connectivity index (χ1n) is 5.96. The number of hydrogen-bond donors (Lipinski definition) is 0. The lowest BCUT2D eigenvalue weighted by Gasteiger charge is -2.40. The predicted octanol–water partition coefficient (Wildman–Crippen LogP) is 0.617. The van der Waals surface area contributed by atoms with E-state index in [1.165, 1.54) is 0 Å². The Hall–Kier alpha value is -0.420. The highest BCUT2D eigenvalue weighted by molar-refractivity contribution is 7.91. The molecule has 2 rings (SSSR count). The van der Waals surface area contributed by atoms with Gasteiger partial charge in [0.15, 0.2) is 0 Å². The number of rotatable bonds is 1. The van der Waals surface area contributed by atoms with E-state index in [-0.39, 0.29) is 6.04 Å². The fourth-order valence-corrected chi connectivity index (χ4v) is 4.24. The lowest BCUT2D eigenvalue weighted by atomic mass is 9.98. The zero-order chi connectivity index (χ0) is 11.8. The van der Waals surface area contributed by atoms with Gasteiger partial charge in [0.05, 0.1) is 11.5 Å². The maximum Gasteiger partial charge on any atom is 0.150 e. The van der Waals surface area contributed by atoms with Crippen LogP contribution in [0, 0.1) is 0 Å². The third-order valence-corrected chi connectivity index (χ3v) is 5.45. The molecule has 0 bridgehead atoms. The van der Waals surface area contributed by atoms with Gasteiger partial charge in [0.25, 0.3) is 0 Å². The molecule has 1 atom stereocenters. The van der Waals surface area contributed by atoms with Gasteiger partial charge in [0.1, 0.15) is 15.6 Å². The van der Waals surface area contributed by atoms with E-state index in [4.69, 9.17) is 0 Å². The predicted molar refractivity (Wildman–Crippen MR) is 62.1 cm³/mol. The Balaban J connectivity index is 1.96. The third-order valence-electron chi connectivity index (χ3n) is 3.73. The zero-order valence-corrected chi connectivity index (χ0v) is 10.5. The second-order valence-electron chi connectivity index (χ2n) is 4.96. The quantitative estimate of drug-likeness (QED) is 0.679. The van der Waals surface area contributed by atoms with Crippen LogP contribution in [0.5, 0.6) is 0 Å². The van der Waals surface area contributed by atoms with Crippen molar-refractivity contribution in [2.75, 3.05) is 18.1 Å². The summed E-state index contributed by atoms with van der Waals surface area (Å²) < 4.78 is 22.7. The number of carbonyl (C=O) groups excluding carboxylic acids is 1. The lowest BCUT2D eigenvalue weighted by Crippen LogP contribution is -2.49. The molecule has 0 radical (unpaired) electrons. The minimum absolute atomic E-state index is 0.284. The molecule has 0 aromatic carbocycles. The van der Waals surface area contributed by atoms with E-state index >= 15 is 0 Å². The molecule has 2 heterocycles. The van der Waals surface area contributed by atoms with Crippen LogP contribution in [0.2, 0.25) is 0 Å². The number of likely N-dealkylation sites (tertiary alicyclic amines) is 1. The normalized spacial score (nSPS) is 32.8. The topological polar surface area (TPSA) is 54.5 Å². The first kappa shape index (κ1) is 12.0. The van der Waals surface area contributed by atoms with E-state index in [0.29, 0.717) is 36.2 Å². The van der Waals surface area contributed by atoms with Crippen LogP contribution in [-0.2, 0) is 14.6 Å². The summed E-state index contributed by atoms with van der Waals surface area (Å²) in [6.45, 7) is 2.88. The fraction of sp³-hybridized carbons (Fsp3) is 0.909. The van der Waals surface area contributed by atoms with Crippen molar-refractivity contribution in [3.8, 4) is 0 Å². The van der Waals surface area contributed by atoms with Crippen molar-refractivity contribution in [1.82, 2.24) is 4.90 Å². The number of piperidine rings is 1. The summed E-state index contributed by atoms with van der Waals surface area (Å²) in [4.78, 5) is 13.6. The molecule has 0 N–H and O–H groups in total. The van der Waals surface area contributed by atoms with Crippen molar-refractivity contribution in [2.45, 2.75) is 44.7 Å². The van der Waals surface area contributed by atoms with Crippen molar-refractivity contribution in [3.63, 3.8) is 0 Å². The van der Waals surface area contributed by atoms with Crippen LogP contribution in [0.3, 0.4) is 0 Å². The number of sulfone groups is 1. The molecule has 16 heavy (non-hydrogen) atoms. The number of ketones is 1. The molecule has 2 fully saturated rings. The summed E-state index contributed by atoms with van der Waals surface area (Å²) in [7, 11) is -2.78. The smallest absolute Gasteiger partial charge is 0.150 e. The van der Waals surface area contributed by atoms with Gasteiger partial charge in [0.2, 0.25) is 0 Å². The highest BCUT2D eigenvalue weighted by Crippen LogP contribution is 2.24. The van der Waals surface area contributed by atoms with E-state index in [0.717, 1.165) is 19.4 Å². The summed E-state index contributed by atoms with van der Waals surface area (Å²) >= 11 is 0.